The average Bonchev–Trinajstić information content (AvgIpc) is 3.21. The SMILES string of the molecule is c1ccc(N2CCN(c3ccnc(NCc4ccco4)n3)CC2)nc1. The Morgan fingerprint density at radius 1 is 0.880 bits per heavy atom. The molecule has 1 aliphatic heterocycles. The maximum atomic E-state index is 5.32. The Hall–Kier alpha value is -3.09. The van der Waals surface area contributed by atoms with Crippen LogP contribution in [-0.2, 0) is 6.54 Å². The molecule has 1 saturated heterocycles. The van der Waals surface area contributed by atoms with Gasteiger partial charge in [0.15, 0.2) is 0 Å². The first kappa shape index (κ1) is 15.4. The first-order valence-corrected chi connectivity index (χ1v) is 8.39. The number of pyridine rings is 1. The number of nitrogens with one attached hydrogen (secondary N) is 1. The standard InChI is InChI=1S/C18H20N6O/c1-2-7-19-16(5-1)23-9-11-24(12-10-23)17-6-8-20-18(22-17)21-14-15-4-3-13-25-15/h1-8,13H,9-12,14H2,(H,20,21,22). The smallest absolute Gasteiger partial charge is 0.224 e. The van der Waals surface area contributed by atoms with Crippen molar-refractivity contribution in [3.8, 4) is 0 Å². The third kappa shape index (κ3) is 3.71. The first-order chi connectivity index (χ1) is 12.4. The van der Waals surface area contributed by atoms with Gasteiger partial charge in [-0.05, 0) is 30.3 Å². The van der Waals surface area contributed by atoms with Crippen LogP contribution in [0.25, 0.3) is 0 Å². The van der Waals surface area contributed by atoms with Gasteiger partial charge < -0.3 is 19.5 Å². The summed E-state index contributed by atoms with van der Waals surface area (Å²) in [5.41, 5.74) is 0. The van der Waals surface area contributed by atoms with Crippen molar-refractivity contribution in [2.75, 3.05) is 41.3 Å². The quantitative estimate of drug-likeness (QED) is 0.767. The molecule has 1 fully saturated rings. The largest absolute Gasteiger partial charge is 0.467 e. The van der Waals surface area contributed by atoms with Gasteiger partial charge in [-0.15, -0.1) is 0 Å². The second kappa shape index (κ2) is 7.21. The monoisotopic (exact) mass is 336 g/mol. The summed E-state index contributed by atoms with van der Waals surface area (Å²) < 4.78 is 5.32. The van der Waals surface area contributed by atoms with Crippen molar-refractivity contribution in [3.63, 3.8) is 0 Å². The predicted molar refractivity (Wildman–Crippen MR) is 96.7 cm³/mol. The molecule has 0 amide bonds. The lowest BCUT2D eigenvalue weighted by Gasteiger charge is -2.36. The molecule has 0 aromatic carbocycles. The molecule has 0 radical (unpaired) electrons. The van der Waals surface area contributed by atoms with E-state index in [0.29, 0.717) is 12.5 Å². The van der Waals surface area contributed by atoms with Gasteiger partial charge in [-0.1, -0.05) is 6.07 Å². The number of hydrogen-bond acceptors (Lipinski definition) is 7. The summed E-state index contributed by atoms with van der Waals surface area (Å²) >= 11 is 0. The van der Waals surface area contributed by atoms with E-state index in [9.17, 15) is 0 Å². The zero-order valence-electron chi connectivity index (χ0n) is 13.9. The van der Waals surface area contributed by atoms with E-state index in [2.05, 4.69) is 36.1 Å². The van der Waals surface area contributed by atoms with Crippen LogP contribution in [-0.4, -0.2) is 41.1 Å². The number of aromatic nitrogens is 3. The minimum atomic E-state index is 0.573. The Kier molecular flexibility index (Phi) is 4.45. The summed E-state index contributed by atoms with van der Waals surface area (Å²) in [4.78, 5) is 17.9. The van der Waals surface area contributed by atoms with Crippen molar-refractivity contribution in [1.82, 2.24) is 15.0 Å². The third-order valence-electron chi connectivity index (χ3n) is 4.22. The minimum absolute atomic E-state index is 0.573. The molecule has 0 atom stereocenters. The van der Waals surface area contributed by atoms with Gasteiger partial charge in [0.2, 0.25) is 5.95 Å². The van der Waals surface area contributed by atoms with Gasteiger partial charge in [0.25, 0.3) is 0 Å². The van der Waals surface area contributed by atoms with Gasteiger partial charge in [0.05, 0.1) is 12.8 Å². The average molecular weight is 336 g/mol. The fourth-order valence-electron chi connectivity index (χ4n) is 2.90. The van der Waals surface area contributed by atoms with Crippen molar-refractivity contribution < 1.29 is 4.42 Å². The van der Waals surface area contributed by atoms with Crippen LogP contribution < -0.4 is 15.1 Å². The highest BCUT2D eigenvalue weighted by molar-refractivity contribution is 5.46. The Morgan fingerprint density at radius 3 is 2.44 bits per heavy atom. The van der Waals surface area contributed by atoms with Gasteiger partial charge in [-0.2, -0.15) is 4.98 Å². The Labute approximate surface area is 146 Å². The molecule has 0 bridgehead atoms. The van der Waals surface area contributed by atoms with Crippen molar-refractivity contribution in [1.29, 1.82) is 0 Å². The van der Waals surface area contributed by atoms with Crippen LogP contribution in [0.2, 0.25) is 0 Å². The molecule has 0 unspecified atom stereocenters. The molecule has 0 aliphatic carbocycles. The lowest BCUT2D eigenvalue weighted by atomic mass is 10.3. The molecule has 3 aromatic rings. The second-order valence-electron chi connectivity index (χ2n) is 5.83. The minimum Gasteiger partial charge on any atom is -0.467 e. The molecule has 0 saturated carbocycles. The summed E-state index contributed by atoms with van der Waals surface area (Å²) in [7, 11) is 0. The summed E-state index contributed by atoms with van der Waals surface area (Å²) in [6.45, 7) is 4.24. The number of furan rings is 1. The maximum absolute atomic E-state index is 5.32. The number of rotatable bonds is 5. The predicted octanol–water partition coefficient (Wildman–Crippen LogP) is 2.40. The number of hydrogen-bond donors (Lipinski definition) is 1. The summed E-state index contributed by atoms with van der Waals surface area (Å²) in [6, 6.07) is 11.8. The van der Waals surface area contributed by atoms with E-state index in [1.165, 1.54) is 0 Å². The third-order valence-corrected chi connectivity index (χ3v) is 4.22. The van der Waals surface area contributed by atoms with E-state index in [-0.39, 0.29) is 0 Å². The highest BCUT2D eigenvalue weighted by Crippen LogP contribution is 2.18. The maximum Gasteiger partial charge on any atom is 0.224 e. The van der Waals surface area contributed by atoms with Crippen molar-refractivity contribution in [2.24, 2.45) is 0 Å². The second-order valence-corrected chi connectivity index (χ2v) is 5.83. The summed E-state index contributed by atoms with van der Waals surface area (Å²) in [5.74, 6) is 3.45. The molecular formula is C18H20N6O. The molecule has 25 heavy (non-hydrogen) atoms. The van der Waals surface area contributed by atoms with Gasteiger partial charge in [0, 0.05) is 38.6 Å². The van der Waals surface area contributed by atoms with Crippen LogP contribution in [0.5, 0.6) is 0 Å². The molecule has 4 heterocycles. The number of piperazine rings is 1. The molecule has 1 N–H and O–H groups in total. The fourth-order valence-corrected chi connectivity index (χ4v) is 2.90. The van der Waals surface area contributed by atoms with Crippen LogP contribution >= 0.6 is 0 Å². The number of anilines is 3. The molecule has 7 nitrogen and oxygen atoms in total. The van der Waals surface area contributed by atoms with Crippen LogP contribution in [0.1, 0.15) is 5.76 Å². The molecule has 128 valence electrons. The Balaban J connectivity index is 1.37. The normalized spacial score (nSPS) is 14.6. The zero-order chi connectivity index (χ0) is 16.9. The van der Waals surface area contributed by atoms with Gasteiger partial charge in [-0.25, -0.2) is 9.97 Å². The lowest BCUT2D eigenvalue weighted by molar-refractivity contribution is 0.517. The fraction of sp³-hybridized carbons (Fsp3) is 0.278. The lowest BCUT2D eigenvalue weighted by Crippen LogP contribution is -2.47. The number of nitrogens with zero attached hydrogens (tertiary/aromatic N) is 5. The van der Waals surface area contributed by atoms with E-state index in [1.54, 1.807) is 12.5 Å². The Morgan fingerprint density at radius 2 is 1.72 bits per heavy atom. The molecule has 4 rings (SSSR count). The van der Waals surface area contributed by atoms with E-state index < -0.39 is 0 Å². The zero-order valence-corrected chi connectivity index (χ0v) is 13.9. The molecule has 3 aromatic heterocycles. The Bertz CT molecular complexity index is 784. The summed E-state index contributed by atoms with van der Waals surface area (Å²) in [6.07, 6.45) is 5.29. The van der Waals surface area contributed by atoms with Crippen LogP contribution in [0.15, 0.2) is 59.5 Å². The van der Waals surface area contributed by atoms with E-state index in [1.807, 2.05) is 36.5 Å². The topological polar surface area (TPSA) is 70.3 Å². The highest BCUT2D eigenvalue weighted by Gasteiger charge is 2.19. The van der Waals surface area contributed by atoms with E-state index >= 15 is 0 Å². The van der Waals surface area contributed by atoms with Gasteiger partial charge in [-0.3, -0.25) is 0 Å². The summed E-state index contributed by atoms with van der Waals surface area (Å²) in [5, 5.41) is 3.20. The molecule has 1 aliphatic rings. The van der Waals surface area contributed by atoms with Crippen molar-refractivity contribution >= 4 is 17.6 Å². The molecule has 0 spiro atoms. The van der Waals surface area contributed by atoms with Gasteiger partial charge in [0.1, 0.15) is 17.4 Å². The molecular weight excluding hydrogens is 316 g/mol. The van der Waals surface area contributed by atoms with Crippen molar-refractivity contribution in [3.05, 3.63) is 60.8 Å². The van der Waals surface area contributed by atoms with E-state index in [4.69, 9.17) is 4.42 Å². The van der Waals surface area contributed by atoms with Crippen LogP contribution in [0.4, 0.5) is 17.6 Å². The van der Waals surface area contributed by atoms with Crippen LogP contribution in [0.3, 0.4) is 0 Å². The van der Waals surface area contributed by atoms with Crippen molar-refractivity contribution in [2.45, 2.75) is 6.54 Å². The van der Waals surface area contributed by atoms with Crippen LogP contribution in [0, 0.1) is 0 Å². The highest BCUT2D eigenvalue weighted by atomic mass is 16.3. The van der Waals surface area contributed by atoms with Gasteiger partial charge >= 0.3 is 0 Å². The first-order valence-electron chi connectivity index (χ1n) is 8.39. The molecule has 7 heteroatoms. The van der Waals surface area contributed by atoms with E-state index in [0.717, 1.165) is 43.6 Å².